The number of aryl methyl sites for hydroxylation is 2. The highest BCUT2D eigenvalue weighted by molar-refractivity contribution is 7.18. The summed E-state index contributed by atoms with van der Waals surface area (Å²) in [6, 6.07) is 6.89. The van der Waals surface area contributed by atoms with Gasteiger partial charge in [0.2, 0.25) is 0 Å². The number of nitrogens with zero attached hydrogens (tertiary/aromatic N) is 1. The van der Waals surface area contributed by atoms with Crippen molar-refractivity contribution in [1.82, 2.24) is 9.97 Å². The second-order valence-corrected chi connectivity index (χ2v) is 7.36. The Morgan fingerprint density at radius 2 is 2.11 bits per heavy atom. The molecule has 0 radical (unpaired) electrons. The van der Waals surface area contributed by atoms with E-state index in [1.165, 1.54) is 11.3 Å². The van der Waals surface area contributed by atoms with Gasteiger partial charge in [0, 0.05) is 17.1 Å². The van der Waals surface area contributed by atoms with Crippen molar-refractivity contribution < 1.29 is 14.6 Å². The van der Waals surface area contributed by atoms with E-state index in [4.69, 9.17) is 9.84 Å². The minimum Gasteiger partial charge on any atom is -0.451 e. The summed E-state index contributed by atoms with van der Waals surface area (Å²) in [6.45, 7) is 5.78. The molecular formula is C19H21N3O4S. The number of fused-ring (bicyclic) bond motifs is 1. The van der Waals surface area contributed by atoms with Crippen molar-refractivity contribution in [3.8, 4) is 0 Å². The SMILES string of the molecule is Cc1sc2nc([C@@H](C)OC(=O)c3ccccc3NCCO)[nH]c(=O)c2c1C. The van der Waals surface area contributed by atoms with Crippen molar-refractivity contribution in [1.29, 1.82) is 0 Å². The number of carbonyl (C=O) groups is 1. The van der Waals surface area contributed by atoms with Crippen LogP contribution in [0.25, 0.3) is 10.2 Å². The highest BCUT2D eigenvalue weighted by atomic mass is 32.1. The molecule has 0 unspecified atom stereocenters. The van der Waals surface area contributed by atoms with Crippen LogP contribution in [0.3, 0.4) is 0 Å². The highest BCUT2D eigenvalue weighted by Crippen LogP contribution is 2.27. The fourth-order valence-corrected chi connectivity index (χ4v) is 3.79. The molecule has 0 saturated heterocycles. The normalized spacial score (nSPS) is 12.1. The molecule has 0 amide bonds. The third kappa shape index (κ3) is 3.86. The molecule has 2 heterocycles. The first-order valence-corrected chi connectivity index (χ1v) is 9.38. The largest absolute Gasteiger partial charge is 0.451 e. The number of anilines is 1. The van der Waals surface area contributed by atoms with E-state index in [2.05, 4.69) is 15.3 Å². The molecule has 0 spiro atoms. The number of aromatic nitrogens is 2. The van der Waals surface area contributed by atoms with Gasteiger partial charge in [-0.15, -0.1) is 11.3 Å². The first kappa shape index (κ1) is 19.1. The number of hydrogen-bond donors (Lipinski definition) is 3. The van der Waals surface area contributed by atoms with Crippen LogP contribution in [0.15, 0.2) is 29.1 Å². The van der Waals surface area contributed by atoms with E-state index in [9.17, 15) is 9.59 Å². The van der Waals surface area contributed by atoms with E-state index in [1.807, 2.05) is 13.8 Å². The number of aliphatic hydroxyl groups excluding tert-OH is 1. The van der Waals surface area contributed by atoms with E-state index < -0.39 is 12.1 Å². The predicted octanol–water partition coefficient (Wildman–Crippen LogP) is 2.92. The molecule has 0 aliphatic rings. The van der Waals surface area contributed by atoms with Gasteiger partial charge in [0.05, 0.1) is 17.6 Å². The monoisotopic (exact) mass is 387 g/mol. The molecule has 142 valence electrons. The van der Waals surface area contributed by atoms with Crippen LogP contribution < -0.4 is 10.9 Å². The molecule has 27 heavy (non-hydrogen) atoms. The number of aliphatic hydroxyl groups is 1. The standard InChI is InChI=1S/C19H21N3O4S/c1-10-12(3)27-18-15(10)17(24)21-16(22-18)11(2)26-19(25)13-6-4-5-7-14(13)20-8-9-23/h4-7,11,20,23H,8-9H2,1-3H3,(H,21,22,24)/t11-/m1/s1. The number of aromatic amines is 1. The average Bonchev–Trinajstić information content (AvgIpc) is 2.94. The zero-order chi connectivity index (χ0) is 19.6. The molecule has 8 heteroatoms. The van der Waals surface area contributed by atoms with Crippen LogP contribution in [0.1, 0.15) is 39.7 Å². The predicted molar refractivity (Wildman–Crippen MR) is 106 cm³/mol. The van der Waals surface area contributed by atoms with Gasteiger partial charge in [-0.05, 0) is 38.5 Å². The van der Waals surface area contributed by atoms with E-state index in [-0.39, 0.29) is 12.2 Å². The van der Waals surface area contributed by atoms with Crippen molar-refractivity contribution >= 4 is 33.2 Å². The lowest BCUT2D eigenvalue weighted by atomic mass is 10.1. The number of hydrogen-bond acceptors (Lipinski definition) is 7. The molecule has 0 bridgehead atoms. The van der Waals surface area contributed by atoms with Crippen molar-refractivity contribution in [2.45, 2.75) is 26.9 Å². The Kier molecular flexibility index (Phi) is 5.57. The summed E-state index contributed by atoms with van der Waals surface area (Å²) in [5, 5.41) is 12.5. The number of nitrogens with one attached hydrogen (secondary N) is 2. The average molecular weight is 387 g/mol. The number of benzene rings is 1. The van der Waals surface area contributed by atoms with Crippen LogP contribution in [0, 0.1) is 13.8 Å². The molecule has 0 saturated carbocycles. The molecule has 1 atom stereocenters. The summed E-state index contributed by atoms with van der Waals surface area (Å²) in [5.41, 5.74) is 1.61. The summed E-state index contributed by atoms with van der Waals surface area (Å²) in [5.74, 6) is -0.229. The van der Waals surface area contributed by atoms with E-state index in [0.717, 1.165) is 10.4 Å². The quantitative estimate of drug-likeness (QED) is 0.562. The maximum atomic E-state index is 12.6. The molecule has 3 rings (SSSR count). The number of thiophene rings is 1. The van der Waals surface area contributed by atoms with Crippen LogP contribution in [-0.2, 0) is 4.74 Å². The molecule has 0 aliphatic carbocycles. The molecule has 0 fully saturated rings. The molecule has 0 aliphatic heterocycles. The fraction of sp³-hybridized carbons (Fsp3) is 0.316. The Morgan fingerprint density at radius 3 is 2.85 bits per heavy atom. The topological polar surface area (TPSA) is 104 Å². The zero-order valence-corrected chi connectivity index (χ0v) is 16.1. The summed E-state index contributed by atoms with van der Waals surface area (Å²) in [4.78, 5) is 33.8. The highest BCUT2D eigenvalue weighted by Gasteiger charge is 2.20. The first-order valence-electron chi connectivity index (χ1n) is 8.57. The Labute approximate surface area is 160 Å². The Balaban J connectivity index is 1.85. The van der Waals surface area contributed by atoms with Crippen molar-refractivity contribution in [2.75, 3.05) is 18.5 Å². The van der Waals surface area contributed by atoms with Gasteiger partial charge in [-0.3, -0.25) is 4.79 Å². The van der Waals surface area contributed by atoms with Crippen LogP contribution in [0.2, 0.25) is 0 Å². The second-order valence-electron chi connectivity index (χ2n) is 6.16. The molecule has 3 N–H and O–H groups in total. The lowest BCUT2D eigenvalue weighted by Crippen LogP contribution is -2.18. The summed E-state index contributed by atoms with van der Waals surface area (Å²) in [6.07, 6.45) is -0.719. The summed E-state index contributed by atoms with van der Waals surface area (Å²) in [7, 11) is 0. The molecule has 7 nitrogen and oxygen atoms in total. The molecular weight excluding hydrogens is 366 g/mol. The number of rotatable bonds is 6. The Bertz CT molecular complexity index is 1040. The molecule has 1 aromatic carbocycles. The second kappa shape index (κ2) is 7.89. The van der Waals surface area contributed by atoms with Crippen LogP contribution in [0.5, 0.6) is 0 Å². The Hall–Kier alpha value is -2.71. The molecule has 3 aromatic rings. The third-order valence-electron chi connectivity index (χ3n) is 4.30. The maximum Gasteiger partial charge on any atom is 0.340 e. The van der Waals surface area contributed by atoms with Gasteiger partial charge in [-0.25, -0.2) is 9.78 Å². The summed E-state index contributed by atoms with van der Waals surface area (Å²) >= 11 is 1.45. The number of para-hydroxylation sites is 1. The van der Waals surface area contributed by atoms with Crippen molar-refractivity contribution in [3.05, 3.63) is 56.4 Å². The van der Waals surface area contributed by atoms with Crippen molar-refractivity contribution in [3.63, 3.8) is 0 Å². The van der Waals surface area contributed by atoms with Crippen LogP contribution >= 0.6 is 11.3 Å². The van der Waals surface area contributed by atoms with Gasteiger partial charge < -0.3 is 20.1 Å². The number of esters is 1. The first-order chi connectivity index (χ1) is 12.9. The zero-order valence-electron chi connectivity index (χ0n) is 15.3. The van der Waals surface area contributed by atoms with E-state index in [1.54, 1.807) is 31.2 Å². The fourth-order valence-electron chi connectivity index (χ4n) is 2.75. The minimum atomic E-state index is -0.719. The lowest BCUT2D eigenvalue weighted by molar-refractivity contribution is 0.0321. The van der Waals surface area contributed by atoms with Crippen LogP contribution in [0.4, 0.5) is 5.69 Å². The Morgan fingerprint density at radius 1 is 1.37 bits per heavy atom. The number of carbonyl (C=O) groups excluding carboxylic acids is 1. The maximum absolute atomic E-state index is 12.6. The lowest BCUT2D eigenvalue weighted by Gasteiger charge is -2.15. The number of H-pyrrole nitrogens is 1. The van der Waals surface area contributed by atoms with Gasteiger partial charge in [0.1, 0.15) is 4.83 Å². The van der Waals surface area contributed by atoms with Crippen LogP contribution in [-0.4, -0.2) is 34.2 Å². The van der Waals surface area contributed by atoms with Crippen molar-refractivity contribution in [2.24, 2.45) is 0 Å². The van der Waals surface area contributed by atoms with E-state index in [0.29, 0.717) is 33.8 Å². The number of ether oxygens (including phenoxy) is 1. The minimum absolute atomic E-state index is 0.0510. The van der Waals surface area contributed by atoms with Gasteiger partial charge in [-0.2, -0.15) is 0 Å². The van der Waals surface area contributed by atoms with E-state index >= 15 is 0 Å². The summed E-state index contributed by atoms with van der Waals surface area (Å²) < 4.78 is 5.51. The third-order valence-corrected chi connectivity index (χ3v) is 5.40. The van der Waals surface area contributed by atoms with Gasteiger partial charge in [-0.1, -0.05) is 12.1 Å². The molecule has 2 aromatic heterocycles. The van der Waals surface area contributed by atoms with Gasteiger partial charge >= 0.3 is 5.97 Å². The van der Waals surface area contributed by atoms with Gasteiger partial charge in [0.15, 0.2) is 11.9 Å². The van der Waals surface area contributed by atoms with Gasteiger partial charge in [0.25, 0.3) is 5.56 Å². The smallest absolute Gasteiger partial charge is 0.340 e.